The molecule has 0 radical (unpaired) electrons. The van der Waals surface area contributed by atoms with Gasteiger partial charge in [0.15, 0.2) is 11.9 Å². The van der Waals surface area contributed by atoms with Crippen molar-refractivity contribution in [3.63, 3.8) is 0 Å². The lowest BCUT2D eigenvalue weighted by Crippen LogP contribution is -2.37. The first kappa shape index (κ1) is 21.1. The highest BCUT2D eigenvalue weighted by molar-refractivity contribution is 6.42. The van der Waals surface area contributed by atoms with Crippen LogP contribution in [0.2, 0.25) is 10.0 Å². The van der Waals surface area contributed by atoms with Crippen molar-refractivity contribution < 1.29 is 14.2 Å². The van der Waals surface area contributed by atoms with Crippen molar-refractivity contribution in [2.24, 2.45) is 0 Å². The minimum Gasteiger partial charge on any atom is -0.377 e. The second-order valence-corrected chi connectivity index (χ2v) is 7.58. The minimum absolute atomic E-state index is 0.355. The third-order valence-electron chi connectivity index (χ3n) is 4.75. The molecule has 1 aliphatic rings. The number of nitriles is 1. The van der Waals surface area contributed by atoms with Gasteiger partial charge < -0.3 is 14.2 Å². The average Bonchev–Trinajstić information content (AvgIpc) is 2.74. The van der Waals surface area contributed by atoms with E-state index in [2.05, 4.69) is 6.07 Å². The maximum atomic E-state index is 10.1. The molecule has 4 nitrogen and oxygen atoms in total. The highest BCUT2D eigenvalue weighted by Gasteiger charge is 2.37. The molecule has 3 rings (SSSR count). The van der Waals surface area contributed by atoms with E-state index < -0.39 is 11.9 Å². The molecule has 0 spiro atoms. The molecule has 2 unspecified atom stereocenters. The van der Waals surface area contributed by atoms with Gasteiger partial charge in [0.1, 0.15) is 6.07 Å². The lowest BCUT2D eigenvalue weighted by Gasteiger charge is -2.33. The summed E-state index contributed by atoms with van der Waals surface area (Å²) in [7, 11) is 0. The monoisotopic (exact) mass is 419 g/mol. The van der Waals surface area contributed by atoms with Gasteiger partial charge in [-0.05, 0) is 42.5 Å². The first-order valence-electron chi connectivity index (χ1n) is 9.41. The summed E-state index contributed by atoms with van der Waals surface area (Å²) in [5, 5.41) is 10.9. The Morgan fingerprint density at radius 1 is 1.11 bits per heavy atom. The van der Waals surface area contributed by atoms with Gasteiger partial charge in [-0.3, -0.25) is 0 Å². The summed E-state index contributed by atoms with van der Waals surface area (Å²) in [6.07, 6.45) is 2.71. The van der Waals surface area contributed by atoms with E-state index in [0.29, 0.717) is 41.9 Å². The summed E-state index contributed by atoms with van der Waals surface area (Å²) in [4.78, 5) is 0. The fourth-order valence-electron chi connectivity index (χ4n) is 3.17. The molecule has 0 bridgehead atoms. The van der Waals surface area contributed by atoms with Crippen molar-refractivity contribution in [3.8, 4) is 6.07 Å². The van der Waals surface area contributed by atoms with Gasteiger partial charge in [-0.1, -0.05) is 59.6 Å². The summed E-state index contributed by atoms with van der Waals surface area (Å²) in [6, 6.07) is 17.4. The second-order valence-electron chi connectivity index (χ2n) is 6.77. The Hall–Kier alpha value is -1.61. The molecule has 0 amide bonds. The SMILES string of the molecule is N#CC(CCOCc1ccccc1)(OC1CCCCO1)c1ccc(Cl)c(Cl)c1. The van der Waals surface area contributed by atoms with E-state index in [1.54, 1.807) is 18.2 Å². The fraction of sp³-hybridized carbons (Fsp3) is 0.409. The van der Waals surface area contributed by atoms with Crippen LogP contribution in [0, 0.1) is 11.3 Å². The molecule has 0 aliphatic carbocycles. The zero-order chi connectivity index (χ0) is 19.8. The Bertz CT molecular complexity index is 803. The van der Waals surface area contributed by atoms with Gasteiger partial charge in [-0.2, -0.15) is 5.26 Å². The summed E-state index contributed by atoms with van der Waals surface area (Å²) in [5.74, 6) is 0. The van der Waals surface area contributed by atoms with Crippen molar-refractivity contribution in [2.45, 2.75) is 44.2 Å². The Kier molecular flexibility index (Phi) is 7.73. The molecule has 0 aromatic heterocycles. The molecule has 2 aromatic rings. The summed E-state index contributed by atoms with van der Waals surface area (Å²) in [5.41, 5.74) is 0.519. The number of nitrogens with zero attached hydrogens (tertiary/aromatic N) is 1. The number of rotatable bonds is 8. The molecule has 1 saturated heterocycles. The predicted octanol–water partition coefficient (Wildman–Crippen LogP) is 5.86. The molecular formula is C22H23Cl2NO3. The zero-order valence-corrected chi connectivity index (χ0v) is 17.1. The van der Waals surface area contributed by atoms with Crippen molar-refractivity contribution in [1.29, 1.82) is 5.26 Å². The van der Waals surface area contributed by atoms with Gasteiger partial charge in [-0.15, -0.1) is 0 Å². The third kappa shape index (κ3) is 5.47. The van der Waals surface area contributed by atoms with Crippen LogP contribution in [-0.4, -0.2) is 19.5 Å². The van der Waals surface area contributed by atoms with Crippen molar-refractivity contribution >= 4 is 23.2 Å². The zero-order valence-electron chi connectivity index (χ0n) is 15.6. The molecule has 2 aromatic carbocycles. The molecule has 1 fully saturated rings. The standard InChI is InChI=1S/C22H23Cl2NO3/c23-19-10-9-18(14-20(19)24)22(16-25,28-21-8-4-5-12-27-21)11-13-26-15-17-6-2-1-3-7-17/h1-3,6-7,9-10,14,21H,4-5,8,11-13,15H2. The van der Waals surface area contributed by atoms with Crippen LogP contribution in [0.3, 0.4) is 0 Å². The van der Waals surface area contributed by atoms with Crippen molar-refractivity contribution in [2.75, 3.05) is 13.2 Å². The molecule has 1 aliphatic heterocycles. The van der Waals surface area contributed by atoms with Crippen molar-refractivity contribution in [1.82, 2.24) is 0 Å². The van der Waals surface area contributed by atoms with Gasteiger partial charge in [-0.25, -0.2) is 0 Å². The van der Waals surface area contributed by atoms with Crippen LogP contribution < -0.4 is 0 Å². The van der Waals surface area contributed by atoms with E-state index >= 15 is 0 Å². The minimum atomic E-state index is -1.22. The van der Waals surface area contributed by atoms with E-state index in [-0.39, 0.29) is 0 Å². The average molecular weight is 420 g/mol. The molecule has 2 atom stereocenters. The highest BCUT2D eigenvalue weighted by atomic mass is 35.5. The van der Waals surface area contributed by atoms with Crippen molar-refractivity contribution in [3.05, 3.63) is 69.7 Å². The molecule has 0 saturated carbocycles. The van der Waals surface area contributed by atoms with E-state index in [0.717, 1.165) is 24.8 Å². The molecule has 28 heavy (non-hydrogen) atoms. The molecule has 6 heteroatoms. The van der Waals surface area contributed by atoms with Crippen LogP contribution in [0.15, 0.2) is 48.5 Å². The highest BCUT2D eigenvalue weighted by Crippen LogP contribution is 2.36. The summed E-state index contributed by atoms with van der Waals surface area (Å²) in [6.45, 7) is 1.47. The van der Waals surface area contributed by atoms with E-state index in [9.17, 15) is 5.26 Å². The lowest BCUT2D eigenvalue weighted by molar-refractivity contribution is -0.216. The Labute approximate surface area is 175 Å². The van der Waals surface area contributed by atoms with Gasteiger partial charge in [0.25, 0.3) is 0 Å². The van der Waals surface area contributed by atoms with Crippen LogP contribution in [0.5, 0.6) is 0 Å². The second kappa shape index (κ2) is 10.2. The number of benzene rings is 2. The molecular weight excluding hydrogens is 397 g/mol. The molecule has 1 heterocycles. The van der Waals surface area contributed by atoms with Gasteiger partial charge >= 0.3 is 0 Å². The van der Waals surface area contributed by atoms with Crippen LogP contribution in [0.4, 0.5) is 0 Å². The van der Waals surface area contributed by atoms with Gasteiger partial charge in [0, 0.05) is 13.0 Å². The first-order valence-corrected chi connectivity index (χ1v) is 10.2. The topological polar surface area (TPSA) is 51.5 Å². The summed E-state index contributed by atoms with van der Waals surface area (Å²) < 4.78 is 17.7. The largest absolute Gasteiger partial charge is 0.377 e. The molecule has 0 N–H and O–H groups in total. The maximum absolute atomic E-state index is 10.1. The van der Waals surface area contributed by atoms with Gasteiger partial charge in [0.05, 0.1) is 23.3 Å². The quantitative estimate of drug-likeness (QED) is 0.502. The number of hydrogen-bond acceptors (Lipinski definition) is 4. The first-order chi connectivity index (χ1) is 13.6. The van der Waals surface area contributed by atoms with E-state index in [1.165, 1.54) is 0 Å². The van der Waals surface area contributed by atoms with E-state index in [1.807, 2.05) is 30.3 Å². The molecule has 148 valence electrons. The third-order valence-corrected chi connectivity index (χ3v) is 5.49. The normalized spacial score (nSPS) is 19.0. The lowest BCUT2D eigenvalue weighted by atomic mass is 9.91. The van der Waals surface area contributed by atoms with E-state index in [4.69, 9.17) is 37.4 Å². The Morgan fingerprint density at radius 3 is 2.61 bits per heavy atom. The number of halogens is 2. The maximum Gasteiger partial charge on any atom is 0.184 e. The predicted molar refractivity (Wildman–Crippen MR) is 109 cm³/mol. The van der Waals surface area contributed by atoms with Crippen LogP contribution >= 0.6 is 23.2 Å². The Morgan fingerprint density at radius 2 is 1.93 bits per heavy atom. The van der Waals surface area contributed by atoms with Gasteiger partial charge in [0.2, 0.25) is 0 Å². The van der Waals surface area contributed by atoms with Crippen LogP contribution in [0.25, 0.3) is 0 Å². The number of ether oxygens (including phenoxy) is 3. The summed E-state index contributed by atoms with van der Waals surface area (Å²) >= 11 is 12.3. The fourth-order valence-corrected chi connectivity index (χ4v) is 3.47. The van der Waals surface area contributed by atoms with Crippen LogP contribution in [0.1, 0.15) is 36.8 Å². The Balaban J connectivity index is 1.74. The number of hydrogen-bond donors (Lipinski definition) is 0. The smallest absolute Gasteiger partial charge is 0.184 e. The van der Waals surface area contributed by atoms with Crippen LogP contribution in [-0.2, 0) is 26.4 Å².